The SMILES string of the molecule is c1ccc(-c2nc(-c3ccc4ccc5c6ccccc6ccc5c4c3)nc(-c3ccc4c5c(cccc35)-c3ccccc3-c3ccccc3-4)n2)cc1.c1ccc2c(c1)ccc1c3cc(-c4nc5c6ccccc6c6c7ccccc7oc6c5c5ccccc45)ccc3ccc21.c1ccc2cc(-c3cc(-c4ccc5ccc6c7ccccc7ccc6c5c4)nc4ccccc34)ccc2c1. The molecule has 0 radical (unpaired) electrons. The number of fused-ring (bicyclic) bond motifs is 32. The van der Waals surface area contributed by atoms with E-state index in [0.717, 1.165) is 99.1 Å². The molecule has 28 aromatic rings. The molecule has 614 valence electrons. The molecular weight excluding hydrogens is 1610 g/mol. The van der Waals surface area contributed by atoms with Crippen molar-refractivity contribution in [2.24, 2.45) is 0 Å². The van der Waals surface area contributed by atoms with Gasteiger partial charge in [0.2, 0.25) is 0 Å². The number of pyridine rings is 2. The maximum Gasteiger partial charge on any atom is 0.164 e. The third kappa shape index (κ3) is 12.4. The largest absolute Gasteiger partial charge is 0.455 e. The summed E-state index contributed by atoms with van der Waals surface area (Å²) in [6.07, 6.45) is 0. The number of aromatic nitrogens is 5. The van der Waals surface area contributed by atoms with Gasteiger partial charge in [0.1, 0.15) is 11.2 Å². The summed E-state index contributed by atoms with van der Waals surface area (Å²) in [6, 6.07) is 163. The summed E-state index contributed by atoms with van der Waals surface area (Å²) in [6.45, 7) is 0. The first kappa shape index (κ1) is 75.4. The second-order valence-electron chi connectivity index (χ2n) is 35.0. The van der Waals surface area contributed by atoms with Crippen molar-refractivity contribution in [3.63, 3.8) is 0 Å². The van der Waals surface area contributed by atoms with Crippen molar-refractivity contribution >= 4 is 184 Å². The van der Waals surface area contributed by atoms with Crippen LogP contribution in [0, 0.1) is 0 Å². The van der Waals surface area contributed by atoms with Gasteiger partial charge in [0.15, 0.2) is 17.5 Å². The molecule has 4 aromatic heterocycles. The molecule has 6 nitrogen and oxygen atoms in total. The fourth-order valence-electron chi connectivity index (χ4n) is 21.4. The summed E-state index contributed by atoms with van der Waals surface area (Å²) in [7, 11) is 0. The van der Waals surface area contributed by atoms with E-state index in [1.165, 1.54) is 168 Å². The normalized spacial score (nSPS) is 11.9. The number of hydrogen-bond donors (Lipinski definition) is 0. The van der Waals surface area contributed by atoms with Crippen LogP contribution in [0.3, 0.4) is 0 Å². The fourth-order valence-corrected chi connectivity index (χ4v) is 21.4. The average Bonchev–Trinajstić information content (AvgIpc) is 1.71. The van der Waals surface area contributed by atoms with Crippen LogP contribution in [0.25, 0.3) is 285 Å². The molecule has 0 N–H and O–H groups in total. The van der Waals surface area contributed by atoms with Crippen molar-refractivity contribution in [1.82, 2.24) is 24.9 Å². The Morgan fingerprint density at radius 2 is 0.549 bits per heavy atom. The van der Waals surface area contributed by atoms with Crippen molar-refractivity contribution in [1.29, 1.82) is 0 Å². The van der Waals surface area contributed by atoms with E-state index in [2.05, 4.69) is 431 Å². The van der Waals surface area contributed by atoms with Crippen LogP contribution < -0.4 is 0 Å². The van der Waals surface area contributed by atoms with Gasteiger partial charge in [0.25, 0.3) is 0 Å². The maximum absolute atomic E-state index is 6.63. The van der Waals surface area contributed by atoms with Gasteiger partial charge >= 0.3 is 0 Å². The Bertz CT molecular complexity index is 9770. The molecule has 0 fully saturated rings. The zero-order chi connectivity index (χ0) is 87.3. The smallest absolute Gasteiger partial charge is 0.164 e. The highest BCUT2D eigenvalue weighted by Gasteiger charge is 2.27. The number of rotatable bonds is 6. The molecule has 0 spiro atoms. The standard InChI is InChI=1S/C49H29N3.C41H23NO.C37H23N/c1-2-12-32(13-3-1)47-50-48(33-22-21-31-24-25-39-34-14-5-4-11-30(34)23-26-40(39)45(31)29-33)52-49(51-47)44-28-27-43-38-18-9-7-16-36(38)35-15-6-8-17-37(35)41-19-10-20-42(44)46(41)43;1-2-10-27-24(9-1)19-22-29-28(27)21-20-25-17-18-26(23-35(25)29)39-32-13-5-4-12-31(32)38-40(42-39)33-14-6-3-11-30(33)37-34-15-7-8-16-36(34)43-41(37)38;1-2-9-27-21-28(15-13-24(27)7-1)35-23-37(38-36-12-6-5-11-33(35)36)29-16-14-26-18-19-31-30-10-4-3-8-25(30)17-20-32(31)34(26)22-29/h1-29H;1-23H;1-23H. The Kier molecular flexibility index (Phi) is 17.3. The van der Waals surface area contributed by atoms with E-state index in [0.29, 0.717) is 17.5 Å². The van der Waals surface area contributed by atoms with Crippen LogP contribution in [0.2, 0.25) is 0 Å². The molecule has 24 aromatic carbocycles. The molecule has 1 aliphatic rings. The van der Waals surface area contributed by atoms with Crippen molar-refractivity contribution < 1.29 is 4.42 Å². The van der Waals surface area contributed by atoms with E-state index >= 15 is 0 Å². The van der Waals surface area contributed by atoms with Crippen molar-refractivity contribution in [2.75, 3.05) is 0 Å². The van der Waals surface area contributed by atoms with Gasteiger partial charge < -0.3 is 4.42 Å². The van der Waals surface area contributed by atoms with E-state index in [1.807, 2.05) is 24.3 Å². The number of benzene rings is 24. The topological polar surface area (TPSA) is 77.6 Å². The van der Waals surface area contributed by atoms with E-state index in [9.17, 15) is 0 Å². The summed E-state index contributed by atoms with van der Waals surface area (Å²) in [5, 5.41) is 36.4. The molecule has 133 heavy (non-hydrogen) atoms. The molecule has 4 heterocycles. The first-order valence-corrected chi connectivity index (χ1v) is 45.5. The van der Waals surface area contributed by atoms with E-state index in [4.69, 9.17) is 29.3 Å². The number of hydrogen-bond acceptors (Lipinski definition) is 6. The Labute approximate surface area is 763 Å². The summed E-state index contributed by atoms with van der Waals surface area (Å²) >= 11 is 0. The lowest BCUT2D eigenvalue weighted by molar-refractivity contribution is 0.673. The zero-order valence-corrected chi connectivity index (χ0v) is 71.9. The minimum absolute atomic E-state index is 0.650. The van der Waals surface area contributed by atoms with Crippen molar-refractivity contribution in [3.8, 4) is 101 Å². The summed E-state index contributed by atoms with van der Waals surface area (Å²) in [5.41, 5.74) is 20.7. The highest BCUT2D eigenvalue weighted by atomic mass is 16.3. The van der Waals surface area contributed by atoms with Crippen LogP contribution in [0.1, 0.15) is 0 Å². The second-order valence-corrected chi connectivity index (χ2v) is 35.0. The first-order chi connectivity index (χ1) is 65.9. The van der Waals surface area contributed by atoms with Crippen LogP contribution in [0.15, 0.2) is 459 Å². The van der Waals surface area contributed by atoms with Crippen LogP contribution >= 0.6 is 0 Å². The third-order valence-electron chi connectivity index (χ3n) is 27.7. The fraction of sp³-hybridized carbons (Fsp3) is 0. The lowest BCUT2D eigenvalue weighted by Gasteiger charge is -2.15. The van der Waals surface area contributed by atoms with Gasteiger partial charge in [-0.3, -0.25) is 0 Å². The van der Waals surface area contributed by atoms with E-state index in [-0.39, 0.29) is 0 Å². The lowest BCUT2D eigenvalue weighted by Crippen LogP contribution is -2.01. The van der Waals surface area contributed by atoms with Gasteiger partial charge in [0.05, 0.1) is 27.8 Å². The Morgan fingerprint density at radius 1 is 0.158 bits per heavy atom. The summed E-state index contributed by atoms with van der Waals surface area (Å²) in [4.78, 5) is 26.2. The average molecular weight is 1690 g/mol. The second kappa shape index (κ2) is 30.5. The summed E-state index contributed by atoms with van der Waals surface area (Å²) < 4.78 is 6.63. The van der Waals surface area contributed by atoms with Crippen molar-refractivity contribution in [2.45, 2.75) is 0 Å². The van der Waals surface area contributed by atoms with Crippen LogP contribution in [-0.2, 0) is 0 Å². The van der Waals surface area contributed by atoms with Gasteiger partial charge in [-0.15, -0.1) is 0 Å². The Morgan fingerprint density at radius 3 is 1.16 bits per heavy atom. The summed E-state index contributed by atoms with van der Waals surface area (Å²) in [5.74, 6) is 1.96. The first-order valence-electron chi connectivity index (χ1n) is 45.5. The molecule has 0 aliphatic heterocycles. The minimum atomic E-state index is 0.650. The molecule has 0 saturated heterocycles. The molecule has 0 amide bonds. The molecule has 29 rings (SSSR count). The Hall–Kier alpha value is -17.7. The van der Waals surface area contributed by atoms with Crippen molar-refractivity contribution in [3.05, 3.63) is 455 Å². The molecule has 6 heteroatoms. The molecular formula is C127H75N5O. The number of para-hydroxylation sites is 2. The molecule has 0 bridgehead atoms. The highest BCUT2D eigenvalue weighted by molar-refractivity contribution is 6.35. The monoisotopic (exact) mass is 1690 g/mol. The number of nitrogens with zero attached hydrogens (tertiary/aromatic N) is 5. The maximum atomic E-state index is 6.63. The number of furan rings is 1. The molecule has 0 atom stereocenters. The predicted octanol–water partition coefficient (Wildman–Crippen LogP) is 34.5. The van der Waals surface area contributed by atoms with E-state index < -0.39 is 0 Å². The molecule has 1 aliphatic carbocycles. The quantitative estimate of drug-likeness (QED) is 0.154. The Balaban J connectivity index is 0.000000103. The van der Waals surface area contributed by atoms with Gasteiger partial charge in [-0.25, -0.2) is 24.9 Å². The molecule has 0 saturated carbocycles. The van der Waals surface area contributed by atoms with Gasteiger partial charge in [0, 0.05) is 54.7 Å². The van der Waals surface area contributed by atoms with E-state index in [1.54, 1.807) is 0 Å². The third-order valence-corrected chi connectivity index (χ3v) is 27.7. The lowest BCUT2D eigenvalue weighted by atomic mass is 9.91. The van der Waals surface area contributed by atoms with Gasteiger partial charge in [-0.2, -0.15) is 0 Å². The van der Waals surface area contributed by atoms with Crippen LogP contribution in [0.4, 0.5) is 0 Å². The highest BCUT2D eigenvalue weighted by Crippen LogP contribution is 2.51. The van der Waals surface area contributed by atoms with Gasteiger partial charge in [-0.05, 0) is 222 Å². The molecule has 0 unspecified atom stereocenters. The zero-order valence-electron chi connectivity index (χ0n) is 71.9. The predicted molar refractivity (Wildman–Crippen MR) is 561 cm³/mol. The van der Waals surface area contributed by atoms with Crippen LogP contribution in [-0.4, -0.2) is 24.9 Å². The minimum Gasteiger partial charge on any atom is -0.455 e. The van der Waals surface area contributed by atoms with Gasteiger partial charge in [-0.1, -0.05) is 406 Å². The van der Waals surface area contributed by atoms with Crippen LogP contribution in [0.5, 0.6) is 0 Å².